The molecule has 104 valence electrons. The maximum absolute atomic E-state index is 12.1. The first kappa shape index (κ1) is 14.8. The van der Waals surface area contributed by atoms with Crippen molar-refractivity contribution in [2.45, 2.75) is 31.9 Å². The van der Waals surface area contributed by atoms with Gasteiger partial charge in [-0.25, -0.2) is 0 Å². The van der Waals surface area contributed by atoms with Crippen molar-refractivity contribution in [3.63, 3.8) is 0 Å². The smallest absolute Gasteiger partial charge is 0.406 e. The van der Waals surface area contributed by atoms with Gasteiger partial charge in [0.15, 0.2) is 0 Å². The molecule has 0 radical (unpaired) electrons. The molecule has 0 aromatic heterocycles. The fraction of sp³-hybridized carbons (Fsp3) is 0.818. The summed E-state index contributed by atoms with van der Waals surface area (Å²) in [4.78, 5) is 23.1. The Kier molecular flexibility index (Phi) is 4.59. The number of carbonyl (C=O) groups excluding carboxylic acids is 1. The number of hydrogen-bond donors (Lipinski definition) is 1. The molecule has 1 amide bonds. The van der Waals surface area contributed by atoms with Gasteiger partial charge in [-0.3, -0.25) is 9.59 Å². The van der Waals surface area contributed by atoms with Crippen molar-refractivity contribution >= 4 is 11.9 Å². The maximum atomic E-state index is 12.1. The van der Waals surface area contributed by atoms with Gasteiger partial charge in [0.25, 0.3) is 0 Å². The van der Waals surface area contributed by atoms with E-state index in [1.165, 1.54) is 0 Å². The van der Waals surface area contributed by atoms with Crippen LogP contribution >= 0.6 is 0 Å². The zero-order valence-corrected chi connectivity index (χ0v) is 10.0. The van der Waals surface area contributed by atoms with Crippen LogP contribution in [0.15, 0.2) is 0 Å². The Labute approximate surface area is 103 Å². The molecule has 1 fully saturated rings. The lowest BCUT2D eigenvalue weighted by molar-refractivity contribution is -0.162. The van der Waals surface area contributed by atoms with E-state index in [1.54, 1.807) is 0 Å². The lowest BCUT2D eigenvalue weighted by atomic mass is 9.81. The van der Waals surface area contributed by atoms with E-state index in [0.717, 1.165) is 7.05 Å². The Balaban J connectivity index is 2.47. The first-order valence-electron chi connectivity index (χ1n) is 5.75. The lowest BCUT2D eigenvalue weighted by Crippen LogP contribution is -2.40. The number of aliphatic carboxylic acids is 1. The van der Waals surface area contributed by atoms with Crippen molar-refractivity contribution in [2.24, 2.45) is 11.8 Å². The van der Waals surface area contributed by atoms with Gasteiger partial charge in [0, 0.05) is 13.0 Å². The summed E-state index contributed by atoms with van der Waals surface area (Å²) in [5.74, 6) is -2.39. The Morgan fingerprint density at radius 1 is 1.17 bits per heavy atom. The highest BCUT2D eigenvalue weighted by atomic mass is 19.4. The normalized spacial score (nSPS) is 24.7. The summed E-state index contributed by atoms with van der Waals surface area (Å²) in [6, 6.07) is 0. The van der Waals surface area contributed by atoms with Gasteiger partial charge < -0.3 is 10.0 Å². The van der Waals surface area contributed by atoms with E-state index in [-0.39, 0.29) is 0 Å². The van der Waals surface area contributed by atoms with Crippen LogP contribution in [-0.2, 0) is 9.59 Å². The SMILES string of the molecule is CN(CC(F)(F)F)C(=O)C1CCC(C(=O)O)CC1. The van der Waals surface area contributed by atoms with Crippen LogP contribution in [-0.4, -0.2) is 41.7 Å². The average molecular weight is 267 g/mol. The highest BCUT2D eigenvalue weighted by molar-refractivity contribution is 5.79. The molecule has 1 saturated carbocycles. The summed E-state index contributed by atoms with van der Waals surface area (Å²) >= 11 is 0. The quantitative estimate of drug-likeness (QED) is 0.849. The van der Waals surface area contributed by atoms with Crippen molar-refractivity contribution in [3.05, 3.63) is 0 Å². The number of carboxylic acid groups (broad SMARTS) is 1. The molecule has 0 aromatic rings. The second-order valence-corrected chi connectivity index (χ2v) is 4.70. The first-order valence-corrected chi connectivity index (χ1v) is 5.75. The zero-order valence-electron chi connectivity index (χ0n) is 10.0. The van der Waals surface area contributed by atoms with Gasteiger partial charge in [-0.2, -0.15) is 13.2 Å². The van der Waals surface area contributed by atoms with E-state index in [4.69, 9.17) is 5.11 Å². The second kappa shape index (κ2) is 5.58. The fourth-order valence-electron chi connectivity index (χ4n) is 2.25. The number of carboxylic acids is 1. The molecule has 4 nitrogen and oxygen atoms in total. The predicted octanol–water partition coefficient (Wildman–Crippen LogP) is 1.90. The molecule has 7 heteroatoms. The topological polar surface area (TPSA) is 57.6 Å². The van der Waals surface area contributed by atoms with Gasteiger partial charge in [-0.1, -0.05) is 0 Å². The second-order valence-electron chi connectivity index (χ2n) is 4.70. The van der Waals surface area contributed by atoms with Crippen LogP contribution in [0.3, 0.4) is 0 Å². The third kappa shape index (κ3) is 4.19. The van der Waals surface area contributed by atoms with E-state index in [1.807, 2.05) is 0 Å². The van der Waals surface area contributed by atoms with Gasteiger partial charge in [0.05, 0.1) is 5.92 Å². The molecular formula is C11H16F3NO3. The monoisotopic (exact) mass is 267 g/mol. The Morgan fingerprint density at radius 3 is 2.00 bits per heavy atom. The first-order chi connectivity index (χ1) is 8.20. The molecule has 0 saturated heterocycles. The molecule has 18 heavy (non-hydrogen) atoms. The largest absolute Gasteiger partial charge is 0.481 e. The summed E-state index contributed by atoms with van der Waals surface area (Å²) < 4.78 is 36.4. The molecule has 0 bridgehead atoms. The minimum atomic E-state index is -4.40. The number of nitrogens with zero attached hydrogens (tertiary/aromatic N) is 1. The number of halogens is 3. The molecule has 1 N–H and O–H groups in total. The van der Waals surface area contributed by atoms with Crippen LogP contribution in [0.5, 0.6) is 0 Å². The molecule has 1 rings (SSSR count). The van der Waals surface area contributed by atoms with Crippen molar-refractivity contribution in [1.29, 1.82) is 0 Å². The molecule has 1 aliphatic rings. The van der Waals surface area contributed by atoms with Gasteiger partial charge >= 0.3 is 12.1 Å². The van der Waals surface area contributed by atoms with Gasteiger partial charge in [0.1, 0.15) is 6.54 Å². The standard InChI is InChI=1S/C11H16F3NO3/c1-15(6-11(12,13)14)9(16)7-2-4-8(5-3-7)10(17)18/h7-8H,2-6H2,1H3,(H,17,18). The molecular weight excluding hydrogens is 251 g/mol. The fourth-order valence-corrected chi connectivity index (χ4v) is 2.25. The zero-order chi connectivity index (χ0) is 13.9. The highest BCUT2D eigenvalue weighted by Gasteiger charge is 2.35. The molecule has 0 atom stereocenters. The third-order valence-corrected chi connectivity index (χ3v) is 3.22. The number of rotatable bonds is 3. The molecule has 0 aromatic carbocycles. The predicted molar refractivity (Wildman–Crippen MR) is 56.8 cm³/mol. The molecule has 0 spiro atoms. The summed E-state index contributed by atoms with van der Waals surface area (Å²) in [5.41, 5.74) is 0. The Morgan fingerprint density at radius 2 is 1.61 bits per heavy atom. The van der Waals surface area contributed by atoms with Gasteiger partial charge in [-0.05, 0) is 25.7 Å². The van der Waals surface area contributed by atoms with E-state index in [0.29, 0.717) is 30.6 Å². The van der Waals surface area contributed by atoms with Crippen LogP contribution in [0.1, 0.15) is 25.7 Å². The van der Waals surface area contributed by atoms with E-state index < -0.39 is 36.4 Å². The minimum Gasteiger partial charge on any atom is -0.481 e. The number of carbonyl (C=O) groups is 2. The van der Waals surface area contributed by atoms with E-state index in [2.05, 4.69) is 0 Å². The number of alkyl halides is 3. The number of amides is 1. The van der Waals surface area contributed by atoms with Crippen LogP contribution in [0.2, 0.25) is 0 Å². The highest BCUT2D eigenvalue weighted by Crippen LogP contribution is 2.30. The maximum Gasteiger partial charge on any atom is 0.406 e. The summed E-state index contributed by atoms with van der Waals surface area (Å²) in [5, 5.41) is 8.78. The van der Waals surface area contributed by atoms with Crippen molar-refractivity contribution < 1.29 is 27.9 Å². The lowest BCUT2D eigenvalue weighted by Gasteiger charge is -2.29. The molecule has 0 aliphatic heterocycles. The number of hydrogen-bond acceptors (Lipinski definition) is 2. The van der Waals surface area contributed by atoms with Crippen LogP contribution in [0.25, 0.3) is 0 Å². The van der Waals surface area contributed by atoms with Gasteiger partial charge in [-0.15, -0.1) is 0 Å². The van der Waals surface area contributed by atoms with E-state index in [9.17, 15) is 22.8 Å². The van der Waals surface area contributed by atoms with Crippen molar-refractivity contribution in [3.8, 4) is 0 Å². The Hall–Kier alpha value is -1.27. The van der Waals surface area contributed by atoms with Crippen LogP contribution < -0.4 is 0 Å². The van der Waals surface area contributed by atoms with Crippen molar-refractivity contribution in [1.82, 2.24) is 4.90 Å². The third-order valence-electron chi connectivity index (χ3n) is 3.22. The van der Waals surface area contributed by atoms with Crippen LogP contribution in [0.4, 0.5) is 13.2 Å². The molecule has 0 heterocycles. The minimum absolute atomic E-state index is 0.345. The van der Waals surface area contributed by atoms with E-state index >= 15 is 0 Å². The Bertz CT molecular complexity index is 322. The van der Waals surface area contributed by atoms with Crippen molar-refractivity contribution in [2.75, 3.05) is 13.6 Å². The summed E-state index contributed by atoms with van der Waals surface area (Å²) in [7, 11) is 1.12. The summed E-state index contributed by atoms with van der Waals surface area (Å²) in [6.07, 6.45) is -3.00. The van der Waals surface area contributed by atoms with Crippen LogP contribution in [0, 0.1) is 11.8 Å². The molecule has 0 unspecified atom stereocenters. The summed E-state index contributed by atoms with van der Waals surface area (Å²) in [6.45, 7) is -1.26. The van der Waals surface area contributed by atoms with Gasteiger partial charge in [0.2, 0.25) is 5.91 Å². The average Bonchev–Trinajstić information content (AvgIpc) is 2.26. The molecule has 1 aliphatic carbocycles.